The summed E-state index contributed by atoms with van der Waals surface area (Å²) in [7, 11) is 0. The van der Waals surface area contributed by atoms with Gasteiger partial charge in [-0.25, -0.2) is 0 Å². The number of esters is 1. The summed E-state index contributed by atoms with van der Waals surface area (Å²) in [4.78, 5) is 36.2. The summed E-state index contributed by atoms with van der Waals surface area (Å²) in [5.41, 5.74) is 0. The van der Waals surface area contributed by atoms with Crippen molar-refractivity contribution in [2.45, 2.75) is 45.1 Å². The zero-order chi connectivity index (χ0) is 17.1. The molecule has 0 radical (unpaired) electrons. The molecular weight excluding hydrogens is 310 g/mol. The molecule has 24 heavy (non-hydrogen) atoms. The standard InChI is InChI=1S/C18H23NO5/c1-11(15-6-3-7-23-15)19-16(20)10-24-18(22)14-8-12-4-2-5-13(9-14)17(12)21/h3,6-7,11-14H,2,4-5,8-10H2,1H3,(H,19,20)/t11-,12-,13+,14?/m0/s1. The maximum absolute atomic E-state index is 12.2. The summed E-state index contributed by atoms with van der Waals surface area (Å²) < 4.78 is 10.4. The predicted molar refractivity (Wildman–Crippen MR) is 84.8 cm³/mol. The van der Waals surface area contributed by atoms with Crippen molar-refractivity contribution in [3.05, 3.63) is 24.2 Å². The first-order valence-electron chi connectivity index (χ1n) is 8.57. The summed E-state index contributed by atoms with van der Waals surface area (Å²) in [6, 6.07) is 3.24. The third-order valence-corrected chi connectivity index (χ3v) is 5.07. The first-order chi connectivity index (χ1) is 11.5. The number of nitrogens with one attached hydrogen (secondary N) is 1. The molecule has 1 N–H and O–H groups in total. The normalized spacial score (nSPS) is 27.4. The third-order valence-electron chi connectivity index (χ3n) is 5.07. The molecule has 3 rings (SSSR count). The lowest BCUT2D eigenvalue weighted by Crippen LogP contribution is -2.40. The minimum Gasteiger partial charge on any atom is -0.467 e. The molecule has 2 saturated carbocycles. The Labute approximate surface area is 140 Å². The van der Waals surface area contributed by atoms with Gasteiger partial charge in [-0.2, -0.15) is 0 Å². The molecule has 0 aromatic carbocycles. The van der Waals surface area contributed by atoms with Gasteiger partial charge in [0.1, 0.15) is 11.5 Å². The van der Waals surface area contributed by atoms with Gasteiger partial charge < -0.3 is 14.5 Å². The molecule has 1 amide bonds. The van der Waals surface area contributed by atoms with Crippen LogP contribution in [-0.4, -0.2) is 24.3 Å². The highest BCUT2D eigenvalue weighted by atomic mass is 16.5. The third kappa shape index (κ3) is 3.68. The molecule has 0 spiro atoms. The average molecular weight is 333 g/mol. The maximum Gasteiger partial charge on any atom is 0.309 e. The van der Waals surface area contributed by atoms with Gasteiger partial charge in [0.15, 0.2) is 6.61 Å². The first-order valence-corrected chi connectivity index (χ1v) is 8.57. The van der Waals surface area contributed by atoms with Crippen molar-refractivity contribution in [2.24, 2.45) is 17.8 Å². The number of ether oxygens (including phenoxy) is 1. The molecule has 6 nitrogen and oxygen atoms in total. The van der Waals surface area contributed by atoms with Gasteiger partial charge in [-0.1, -0.05) is 6.42 Å². The van der Waals surface area contributed by atoms with Crippen LogP contribution >= 0.6 is 0 Å². The summed E-state index contributed by atoms with van der Waals surface area (Å²) in [6.45, 7) is 1.50. The Morgan fingerprint density at radius 1 is 1.33 bits per heavy atom. The summed E-state index contributed by atoms with van der Waals surface area (Å²) in [6.07, 6.45) is 5.49. The van der Waals surface area contributed by atoms with Crippen LogP contribution in [0.1, 0.15) is 50.8 Å². The van der Waals surface area contributed by atoms with Gasteiger partial charge in [0.05, 0.1) is 18.2 Å². The number of ketones is 1. The highest BCUT2D eigenvalue weighted by Gasteiger charge is 2.41. The van der Waals surface area contributed by atoms with Crippen molar-refractivity contribution in [1.82, 2.24) is 5.32 Å². The maximum atomic E-state index is 12.2. The lowest BCUT2D eigenvalue weighted by atomic mass is 9.67. The van der Waals surface area contributed by atoms with E-state index in [0.29, 0.717) is 24.4 Å². The molecule has 2 aliphatic carbocycles. The molecule has 0 aliphatic heterocycles. The second kappa shape index (κ2) is 7.20. The second-order valence-electron chi connectivity index (χ2n) is 6.81. The van der Waals surface area contributed by atoms with Crippen LogP contribution in [0.5, 0.6) is 0 Å². The molecule has 0 saturated heterocycles. The predicted octanol–water partition coefficient (Wildman–Crippen LogP) is 2.40. The van der Waals surface area contributed by atoms with Crippen LogP contribution in [0.4, 0.5) is 0 Å². The number of amides is 1. The molecule has 2 fully saturated rings. The van der Waals surface area contributed by atoms with E-state index in [1.54, 1.807) is 25.3 Å². The van der Waals surface area contributed by atoms with Crippen LogP contribution in [0, 0.1) is 17.8 Å². The zero-order valence-electron chi connectivity index (χ0n) is 13.8. The van der Waals surface area contributed by atoms with E-state index < -0.39 is 0 Å². The highest BCUT2D eigenvalue weighted by Crippen LogP contribution is 2.40. The molecule has 1 unspecified atom stereocenters. The minimum atomic E-state index is -0.362. The molecule has 2 bridgehead atoms. The molecule has 1 aromatic rings. The van der Waals surface area contributed by atoms with E-state index in [-0.39, 0.29) is 42.3 Å². The molecular formula is C18H23NO5. The number of Topliss-reactive ketones (excluding diaryl/α,β-unsaturated/α-hetero) is 1. The quantitative estimate of drug-likeness (QED) is 0.836. The van der Waals surface area contributed by atoms with Crippen LogP contribution < -0.4 is 5.32 Å². The fraction of sp³-hybridized carbons (Fsp3) is 0.611. The van der Waals surface area contributed by atoms with E-state index in [2.05, 4.69) is 5.32 Å². The number of hydrogen-bond donors (Lipinski definition) is 1. The van der Waals surface area contributed by atoms with Gasteiger partial charge in [-0.15, -0.1) is 0 Å². The number of carbonyl (C=O) groups excluding carboxylic acids is 3. The minimum absolute atomic E-state index is 0.00264. The smallest absolute Gasteiger partial charge is 0.309 e. The number of fused-ring (bicyclic) bond motifs is 2. The fourth-order valence-corrected chi connectivity index (χ4v) is 3.82. The van der Waals surface area contributed by atoms with Crippen LogP contribution in [0.15, 0.2) is 22.8 Å². The largest absolute Gasteiger partial charge is 0.467 e. The Hall–Kier alpha value is -2.11. The van der Waals surface area contributed by atoms with Crippen molar-refractivity contribution in [3.63, 3.8) is 0 Å². The van der Waals surface area contributed by atoms with E-state index in [1.165, 1.54) is 0 Å². The van der Waals surface area contributed by atoms with Gasteiger partial charge in [-0.05, 0) is 44.7 Å². The van der Waals surface area contributed by atoms with Crippen molar-refractivity contribution in [3.8, 4) is 0 Å². The highest BCUT2D eigenvalue weighted by molar-refractivity contribution is 5.88. The Morgan fingerprint density at radius 3 is 2.67 bits per heavy atom. The van der Waals surface area contributed by atoms with Gasteiger partial charge in [0.2, 0.25) is 0 Å². The van der Waals surface area contributed by atoms with E-state index in [1.807, 2.05) is 0 Å². The molecule has 1 heterocycles. The Kier molecular flexibility index (Phi) is 5.02. The molecule has 1 aromatic heterocycles. The monoisotopic (exact) mass is 333 g/mol. The van der Waals surface area contributed by atoms with Crippen LogP contribution in [-0.2, 0) is 19.1 Å². The Bertz CT molecular complexity index is 593. The fourth-order valence-electron chi connectivity index (χ4n) is 3.82. The lowest BCUT2D eigenvalue weighted by Gasteiger charge is -2.36. The van der Waals surface area contributed by atoms with E-state index in [4.69, 9.17) is 9.15 Å². The molecule has 6 heteroatoms. The van der Waals surface area contributed by atoms with E-state index in [9.17, 15) is 14.4 Å². The Morgan fingerprint density at radius 2 is 2.04 bits per heavy atom. The van der Waals surface area contributed by atoms with Crippen molar-refractivity contribution in [1.29, 1.82) is 0 Å². The van der Waals surface area contributed by atoms with Gasteiger partial charge >= 0.3 is 5.97 Å². The van der Waals surface area contributed by atoms with Crippen molar-refractivity contribution < 1.29 is 23.5 Å². The van der Waals surface area contributed by atoms with E-state index >= 15 is 0 Å². The summed E-state index contributed by atoms with van der Waals surface area (Å²) >= 11 is 0. The molecule has 2 aliphatic rings. The van der Waals surface area contributed by atoms with Crippen LogP contribution in [0.25, 0.3) is 0 Å². The molecule has 130 valence electrons. The first kappa shape index (κ1) is 16.7. The van der Waals surface area contributed by atoms with Gasteiger partial charge in [0, 0.05) is 11.8 Å². The summed E-state index contributed by atoms with van der Waals surface area (Å²) in [5, 5.41) is 2.72. The van der Waals surface area contributed by atoms with Crippen LogP contribution in [0.3, 0.4) is 0 Å². The second-order valence-corrected chi connectivity index (χ2v) is 6.81. The molecule has 4 atom stereocenters. The van der Waals surface area contributed by atoms with E-state index in [0.717, 1.165) is 19.3 Å². The topological polar surface area (TPSA) is 85.6 Å². The van der Waals surface area contributed by atoms with Crippen molar-refractivity contribution >= 4 is 17.7 Å². The van der Waals surface area contributed by atoms with Crippen molar-refractivity contribution in [2.75, 3.05) is 6.61 Å². The number of rotatable bonds is 5. The lowest BCUT2D eigenvalue weighted by molar-refractivity contribution is -0.156. The number of carbonyl (C=O) groups is 3. The Balaban J connectivity index is 1.45. The SMILES string of the molecule is C[C@H](NC(=O)COC(=O)C1C[C@H]2CCC[C@@H](C1)C2=O)c1ccco1. The number of hydrogen-bond acceptors (Lipinski definition) is 5. The summed E-state index contributed by atoms with van der Waals surface area (Å²) in [5.74, 6) is -0.0119. The average Bonchev–Trinajstić information content (AvgIpc) is 3.07. The van der Waals surface area contributed by atoms with Gasteiger partial charge in [0.25, 0.3) is 5.91 Å². The zero-order valence-corrected chi connectivity index (χ0v) is 13.8. The van der Waals surface area contributed by atoms with Crippen LogP contribution in [0.2, 0.25) is 0 Å². The van der Waals surface area contributed by atoms with Gasteiger partial charge in [-0.3, -0.25) is 14.4 Å². The number of furan rings is 1.